The van der Waals surface area contributed by atoms with Gasteiger partial charge in [-0.25, -0.2) is 0 Å². The van der Waals surface area contributed by atoms with Crippen molar-refractivity contribution >= 4 is 0 Å². The van der Waals surface area contributed by atoms with Crippen molar-refractivity contribution in [2.75, 3.05) is 19.8 Å². The number of alkyl halides is 6. The number of hydrogen-bond acceptors (Lipinski definition) is 4. The molecule has 1 N–H and O–H groups in total. The normalized spacial score (nSPS) is 21.1. The Morgan fingerprint density at radius 1 is 0.846 bits per heavy atom. The summed E-state index contributed by atoms with van der Waals surface area (Å²) in [6, 6.07) is 19.3. The molecule has 0 amide bonds. The van der Waals surface area contributed by atoms with Crippen molar-refractivity contribution in [3.8, 4) is 0 Å². The zero-order chi connectivity index (χ0) is 28.0. The van der Waals surface area contributed by atoms with E-state index >= 15 is 0 Å². The Hall–Kier alpha value is -2.92. The molecular formula is C29H28F6O4. The Balaban J connectivity index is 1.70. The lowest BCUT2D eigenvalue weighted by molar-refractivity contribution is -0.223. The Kier molecular flexibility index (Phi) is 9.32. The molecule has 10 heteroatoms. The van der Waals surface area contributed by atoms with Gasteiger partial charge in [-0.05, 0) is 47.2 Å². The summed E-state index contributed by atoms with van der Waals surface area (Å²) in [7, 11) is 0. The van der Waals surface area contributed by atoms with Crippen LogP contribution in [0.15, 0.2) is 78.9 Å². The summed E-state index contributed by atoms with van der Waals surface area (Å²) in [5, 5.41) is 10.0. The van der Waals surface area contributed by atoms with Crippen molar-refractivity contribution in [2.45, 2.75) is 43.7 Å². The fourth-order valence-corrected chi connectivity index (χ4v) is 4.67. The number of aliphatic hydroxyl groups excluding tert-OH is 1. The van der Waals surface area contributed by atoms with Gasteiger partial charge in [-0.3, -0.25) is 0 Å². The summed E-state index contributed by atoms with van der Waals surface area (Å²) in [5.74, 6) is -0.793. The van der Waals surface area contributed by atoms with E-state index in [1.165, 1.54) is 0 Å². The molecule has 0 spiro atoms. The first-order valence-electron chi connectivity index (χ1n) is 12.4. The monoisotopic (exact) mass is 554 g/mol. The maximum Gasteiger partial charge on any atom is 0.416 e. The molecule has 210 valence electrons. The molecular weight excluding hydrogens is 526 g/mol. The van der Waals surface area contributed by atoms with E-state index in [9.17, 15) is 31.4 Å². The van der Waals surface area contributed by atoms with Crippen LogP contribution in [0.3, 0.4) is 0 Å². The van der Waals surface area contributed by atoms with Gasteiger partial charge in [0.15, 0.2) is 6.29 Å². The predicted molar refractivity (Wildman–Crippen MR) is 130 cm³/mol. The number of halogens is 6. The molecule has 4 atom stereocenters. The highest BCUT2D eigenvalue weighted by Crippen LogP contribution is 2.41. The van der Waals surface area contributed by atoms with E-state index in [2.05, 4.69) is 0 Å². The number of benzene rings is 3. The highest BCUT2D eigenvalue weighted by molar-refractivity contribution is 5.35. The Morgan fingerprint density at radius 2 is 1.44 bits per heavy atom. The SMILES string of the molecule is OCC1CCOC(OC(COCc2ccccc2)c2cc(C(F)(F)F)cc(C(F)(F)F)c2)C1c1ccccc1. The summed E-state index contributed by atoms with van der Waals surface area (Å²) in [4.78, 5) is 0. The van der Waals surface area contributed by atoms with E-state index in [1.807, 2.05) is 12.1 Å². The molecule has 1 aliphatic heterocycles. The summed E-state index contributed by atoms with van der Waals surface area (Å²) < 4.78 is 99.5. The van der Waals surface area contributed by atoms with Crippen LogP contribution in [0.4, 0.5) is 26.3 Å². The predicted octanol–water partition coefficient (Wildman–Crippen LogP) is 7.14. The molecule has 1 heterocycles. The summed E-state index contributed by atoms with van der Waals surface area (Å²) in [5.41, 5.74) is -1.69. The fraction of sp³-hybridized carbons (Fsp3) is 0.379. The third-order valence-corrected chi connectivity index (χ3v) is 6.65. The van der Waals surface area contributed by atoms with Crippen molar-refractivity contribution in [1.82, 2.24) is 0 Å². The average Bonchev–Trinajstić information content (AvgIpc) is 2.92. The average molecular weight is 555 g/mol. The van der Waals surface area contributed by atoms with E-state index in [0.29, 0.717) is 18.6 Å². The fourth-order valence-electron chi connectivity index (χ4n) is 4.67. The molecule has 4 rings (SSSR count). The number of rotatable bonds is 9. The van der Waals surface area contributed by atoms with Crippen LogP contribution < -0.4 is 0 Å². The molecule has 0 bridgehead atoms. The van der Waals surface area contributed by atoms with Gasteiger partial charge < -0.3 is 19.3 Å². The third kappa shape index (κ3) is 7.60. The smallest absolute Gasteiger partial charge is 0.396 e. The van der Waals surface area contributed by atoms with Crippen LogP contribution in [0.5, 0.6) is 0 Å². The van der Waals surface area contributed by atoms with E-state index in [0.717, 1.165) is 11.1 Å². The minimum atomic E-state index is -5.01. The zero-order valence-electron chi connectivity index (χ0n) is 20.8. The number of aliphatic hydroxyl groups is 1. The van der Waals surface area contributed by atoms with Crippen LogP contribution in [-0.2, 0) is 33.2 Å². The maximum absolute atomic E-state index is 13.6. The van der Waals surface area contributed by atoms with Crippen LogP contribution in [-0.4, -0.2) is 31.2 Å². The molecule has 0 aliphatic carbocycles. The topological polar surface area (TPSA) is 47.9 Å². The Bertz CT molecular complexity index is 1150. The summed E-state index contributed by atoms with van der Waals surface area (Å²) in [6.07, 6.45) is -11.9. The minimum absolute atomic E-state index is 0.0681. The highest BCUT2D eigenvalue weighted by atomic mass is 19.4. The second-order valence-electron chi connectivity index (χ2n) is 9.37. The first-order chi connectivity index (χ1) is 18.6. The summed E-state index contributed by atoms with van der Waals surface area (Å²) in [6.45, 7) is -0.260. The lowest BCUT2D eigenvalue weighted by Gasteiger charge is -2.39. The highest BCUT2D eigenvalue weighted by Gasteiger charge is 2.40. The van der Waals surface area contributed by atoms with Crippen LogP contribution in [0.1, 0.15) is 46.3 Å². The van der Waals surface area contributed by atoms with Crippen molar-refractivity contribution < 1.29 is 45.7 Å². The molecule has 0 aromatic heterocycles. The van der Waals surface area contributed by atoms with Gasteiger partial charge in [0.1, 0.15) is 6.10 Å². The lowest BCUT2D eigenvalue weighted by atomic mass is 9.82. The minimum Gasteiger partial charge on any atom is -0.396 e. The third-order valence-electron chi connectivity index (χ3n) is 6.65. The molecule has 39 heavy (non-hydrogen) atoms. The van der Waals surface area contributed by atoms with Gasteiger partial charge in [0, 0.05) is 12.5 Å². The largest absolute Gasteiger partial charge is 0.416 e. The van der Waals surface area contributed by atoms with Crippen molar-refractivity contribution in [2.24, 2.45) is 5.92 Å². The number of hydrogen-bond donors (Lipinski definition) is 1. The van der Waals surface area contributed by atoms with Crippen molar-refractivity contribution in [3.63, 3.8) is 0 Å². The Labute approximate surface area is 222 Å². The van der Waals surface area contributed by atoms with E-state index < -0.39 is 41.8 Å². The van der Waals surface area contributed by atoms with Crippen LogP contribution in [0.25, 0.3) is 0 Å². The van der Waals surface area contributed by atoms with Gasteiger partial charge in [0.05, 0.1) is 30.9 Å². The summed E-state index contributed by atoms with van der Waals surface area (Å²) >= 11 is 0. The van der Waals surface area contributed by atoms with E-state index in [1.54, 1.807) is 48.5 Å². The van der Waals surface area contributed by atoms with Crippen LogP contribution >= 0.6 is 0 Å². The molecule has 1 fully saturated rings. The van der Waals surface area contributed by atoms with E-state index in [-0.39, 0.29) is 44.0 Å². The van der Waals surface area contributed by atoms with Gasteiger partial charge in [-0.1, -0.05) is 60.7 Å². The molecule has 1 saturated heterocycles. The van der Waals surface area contributed by atoms with Gasteiger partial charge >= 0.3 is 12.4 Å². The van der Waals surface area contributed by atoms with Gasteiger partial charge in [0.2, 0.25) is 0 Å². The lowest BCUT2D eigenvalue weighted by Crippen LogP contribution is -2.39. The number of ether oxygens (including phenoxy) is 3. The van der Waals surface area contributed by atoms with Gasteiger partial charge in [-0.15, -0.1) is 0 Å². The molecule has 3 aromatic carbocycles. The molecule has 0 radical (unpaired) electrons. The molecule has 4 nitrogen and oxygen atoms in total. The molecule has 3 aromatic rings. The van der Waals surface area contributed by atoms with Crippen LogP contribution in [0.2, 0.25) is 0 Å². The molecule has 0 saturated carbocycles. The second kappa shape index (κ2) is 12.5. The standard InChI is InChI=1S/C29H28F6O4/c30-28(31,32)23-13-22(14-24(15-23)29(33,34)35)25(18-37-17-19-7-3-1-4-8-19)39-27-26(20-9-5-2-6-10-20)21(16-36)11-12-38-27/h1-10,13-15,21,25-27,36H,11-12,16-18H2. The first kappa shape index (κ1) is 29.1. The quantitative estimate of drug-likeness (QED) is 0.286. The van der Waals surface area contributed by atoms with E-state index in [4.69, 9.17) is 14.2 Å². The Morgan fingerprint density at radius 3 is 2.00 bits per heavy atom. The van der Waals surface area contributed by atoms with Crippen molar-refractivity contribution in [3.05, 3.63) is 107 Å². The second-order valence-corrected chi connectivity index (χ2v) is 9.37. The maximum atomic E-state index is 13.6. The van der Waals surface area contributed by atoms with Gasteiger partial charge in [0.25, 0.3) is 0 Å². The van der Waals surface area contributed by atoms with Gasteiger partial charge in [-0.2, -0.15) is 26.3 Å². The van der Waals surface area contributed by atoms with Crippen molar-refractivity contribution in [1.29, 1.82) is 0 Å². The molecule has 4 unspecified atom stereocenters. The molecule has 1 aliphatic rings. The zero-order valence-corrected chi connectivity index (χ0v) is 20.8. The van der Waals surface area contributed by atoms with Crippen LogP contribution in [0, 0.1) is 5.92 Å². The first-order valence-corrected chi connectivity index (χ1v) is 12.4.